The van der Waals surface area contributed by atoms with Crippen LogP contribution in [-0.4, -0.2) is 64.5 Å². The molecule has 1 N–H and O–H groups in total. The number of hydrogen-bond donors (Lipinski definition) is 1. The summed E-state index contributed by atoms with van der Waals surface area (Å²) in [5, 5.41) is 9.02. The number of rotatable bonds is 4. The summed E-state index contributed by atoms with van der Waals surface area (Å²) in [6, 6.07) is -0.773. The molecule has 2 rings (SSSR count). The van der Waals surface area contributed by atoms with Crippen molar-refractivity contribution in [2.24, 2.45) is 11.8 Å². The van der Waals surface area contributed by atoms with Crippen LogP contribution in [-0.2, 0) is 14.4 Å². The number of carboxylic acids is 1. The Labute approximate surface area is 137 Å². The van der Waals surface area contributed by atoms with Crippen molar-refractivity contribution in [1.82, 2.24) is 9.80 Å². The summed E-state index contributed by atoms with van der Waals surface area (Å²) in [5.41, 5.74) is 0. The first kappa shape index (κ1) is 18.5. The van der Waals surface area contributed by atoms with Crippen molar-refractivity contribution < 1.29 is 32.7 Å². The summed E-state index contributed by atoms with van der Waals surface area (Å²) >= 11 is 0. The highest BCUT2D eigenvalue weighted by molar-refractivity contribution is 5.89. The zero-order valence-corrected chi connectivity index (χ0v) is 13.4. The van der Waals surface area contributed by atoms with Gasteiger partial charge in [-0.15, -0.1) is 0 Å². The molecule has 0 spiro atoms. The van der Waals surface area contributed by atoms with Gasteiger partial charge in [-0.1, -0.05) is 6.92 Å². The van der Waals surface area contributed by atoms with Crippen LogP contribution in [0.3, 0.4) is 0 Å². The molecule has 1 unspecified atom stereocenters. The maximum atomic E-state index is 13.0. The minimum absolute atomic E-state index is 0.185. The summed E-state index contributed by atoms with van der Waals surface area (Å²) in [6.45, 7) is 1.11. The van der Waals surface area contributed by atoms with Gasteiger partial charge in [0.25, 0.3) is 0 Å². The molecule has 2 saturated heterocycles. The van der Waals surface area contributed by atoms with Gasteiger partial charge in [-0.3, -0.25) is 14.4 Å². The Hall–Kier alpha value is -1.80. The molecule has 0 aliphatic carbocycles. The summed E-state index contributed by atoms with van der Waals surface area (Å²) in [7, 11) is 0. The maximum Gasteiger partial charge on any atom is 0.394 e. The van der Waals surface area contributed by atoms with E-state index in [1.165, 1.54) is 4.90 Å². The molecule has 0 radical (unpaired) electrons. The van der Waals surface area contributed by atoms with E-state index in [9.17, 15) is 27.6 Å². The highest BCUT2D eigenvalue weighted by Crippen LogP contribution is 2.38. The van der Waals surface area contributed by atoms with Gasteiger partial charge in [-0.2, -0.15) is 13.2 Å². The molecule has 2 heterocycles. The SMILES string of the molecule is CCCC(=O)N1CCCC1C(=O)N1C[C@@H](C(F)(F)F)[C@H](C(=O)O)C1. The third-order valence-electron chi connectivity index (χ3n) is 4.69. The molecular weight excluding hydrogens is 329 g/mol. The van der Waals surface area contributed by atoms with Crippen LogP contribution < -0.4 is 0 Å². The van der Waals surface area contributed by atoms with Gasteiger partial charge in [0.05, 0.1) is 11.8 Å². The molecule has 3 atom stereocenters. The minimum Gasteiger partial charge on any atom is -0.481 e. The van der Waals surface area contributed by atoms with Crippen LogP contribution in [0.1, 0.15) is 32.6 Å². The zero-order chi connectivity index (χ0) is 18.1. The van der Waals surface area contributed by atoms with Crippen LogP contribution >= 0.6 is 0 Å². The number of aliphatic carboxylic acids is 1. The standard InChI is InChI=1S/C15H21F3N2O4/c1-2-4-12(21)20-6-3-5-11(20)13(22)19-7-9(14(23)24)10(8-19)15(16,17)18/h9-11H,2-8H2,1H3,(H,23,24)/t9-,10-,11?/m1/s1. The molecule has 2 aliphatic rings. The monoisotopic (exact) mass is 350 g/mol. The van der Waals surface area contributed by atoms with Gasteiger partial charge < -0.3 is 14.9 Å². The van der Waals surface area contributed by atoms with E-state index in [2.05, 4.69) is 0 Å². The quantitative estimate of drug-likeness (QED) is 0.833. The van der Waals surface area contributed by atoms with Crippen LogP contribution in [0.25, 0.3) is 0 Å². The summed E-state index contributed by atoms with van der Waals surface area (Å²) < 4.78 is 39.1. The fourth-order valence-electron chi connectivity index (χ4n) is 3.46. The first-order valence-corrected chi connectivity index (χ1v) is 8.04. The predicted octanol–water partition coefficient (Wildman–Crippen LogP) is 1.50. The van der Waals surface area contributed by atoms with E-state index in [0.29, 0.717) is 25.8 Å². The van der Waals surface area contributed by atoms with E-state index in [1.54, 1.807) is 0 Å². The molecule has 2 amide bonds. The van der Waals surface area contributed by atoms with E-state index >= 15 is 0 Å². The molecule has 24 heavy (non-hydrogen) atoms. The number of hydrogen-bond acceptors (Lipinski definition) is 3. The lowest BCUT2D eigenvalue weighted by atomic mass is 9.96. The number of amides is 2. The van der Waals surface area contributed by atoms with Crippen molar-refractivity contribution >= 4 is 17.8 Å². The third-order valence-corrected chi connectivity index (χ3v) is 4.69. The highest BCUT2D eigenvalue weighted by atomic mass is 19.4. The Kier molecular flexibility index (Phi) is 5.39. The van der Waals surface area contributed by atoms with Crippen LogP contribution in [0.5, 0.6) is 0 Å². The molecule has 0 aromatic rings. The van der Waals surface area contributed by atoms with Crippen molar-refractivity contribution in [3.8, 4) is 0 Å². The number of alkyl halides is 3. The second kappa shape index (κ2) is 6.98. The Morgan fingerprint density at radius 3 is 2.38 bits per heavy atom. The molecule has 0 bridgehead atoms. The molecule has 2 fully saturated rings. The van der Waals surface area contributed by atoms with Gasteiger partial charge in [-0.05, 0) is 19.3 Å². The topological polar surface area (TPSA) is 77.9 Å². The highest BCUT2D eigenvalue weighted by Gasteiger charge is 2.54. The maximum absolute atomic E-state index is 13.0. The molecule has 9 heteroatoms. The first-order chi connectivity index (χ1) is 11.2. The summed E-state index contributed by atoms with van der Waals surface area (Å²) in [5.74, 6) is -6.04. The Morgan fingerprint density at radius 2 is 1.88 bits per heavy atom. The van der Waals surface area contributed by atoms with Crippen LogP contribution in [0.2, 0.25) is 0 Å². The second-order valence-corrected chi connectivity index (χ2v) is 6.33. The fourth-order valence-corrected chi connectivity index (χ4v) is 3.46. The van der Waals surface area contributed by atoms with Gasteiger partial charge in [0.2, 0.25) is 11.8 Å². The predicted molar refractivity (Wildman–Crippen MR) is 76.9 cm³/mol. The van der Waals surface area contributed by atoms with Gasteiger partial charge in [-0.25, -0.2) is 0 Å². The van der Waals surface area contributed by atoms with Gasteiger partial charge in [0.1, 0.15) is 6.04 Å². The molecule has 2 aliphatic heterocycles. The first-order valence-electron chi connectivity index (χ1n) is 8.04. The van der Waals surface area contributed by atoms with E-state index in [1.807, 2.05) is 6.92 Å². The number of nitrogens with zero attached hydrogens (tertiary/aromatic N) is 2. The normalized spacial score (nSPS) is 27.6. The van der Waals surface area contributed by atoms with Gasteiger partial charge >= 0.3 is 12.1 Å². The number of carboxylic acid groups (broad SMARTS) is 1. The largest absolute Gasteiger partial charge is 0.481 e. The van der Waals surface area contributed by atoms with Crippen molar-refractivity contribution in [3.05, 3.63) is 0 Å². The zero-order valence-electron chi connectivity index (χ0n) is 13.4. The van der Waals surface area contributed by atoms with Crippen molar-refractivity contribution in [3.63, 3.8) is 0 Å². The van der Waals surface area contributed by atoms with Crippen molar-refractivity contribution in [2.45, 2.75) is 44.8 Å². The molecule has 0 saturated carbocycles. The Bertz CT molecular complexity index is 523. The summed E-state index contributed by atoms with van der Waals surface area (Å²) in [6.07, 6.45) is -2.75. The average Bonchev–Trinajstić information content (AvgIpc) is 3.13. The fraction of sp³-hybridized carbons (Fsp3) is 0.800. The van der Waals surface area contributed by atoms with Gasteiger partial charge in [0, 0.05) is 26.1 Å². The molecule has 0 aromatic heterocycles. The van der Waals surface area contributed by atoms with E-state index in [-0.39, 0.29) is 12.3 Å². The molecule has 6 nitrogen and oxygen atoms in total. The Morgan fingerprint density at radius 1 is 1.21 bits per heavy atom. The van der Waals surface area contributed by atoms with Crippen molar-refractivity contribution in [1.29, 1.82) is 0 Å². The van der Waals surface area contributed by atoms with Gasteiger partial charge in [0.15, 0.2) is 0 Å². The number of carbonyl (C=O) groups is 3. The molecule has 136 valence electrons. The third kappa shape index (κ3) is 3.64. The lowest BCUT2D eigenvalue weighted by molar-refractivity contribution is -0.188. The lowest BCUT2D eigenvalue weighted by Gasteiger charge is -2.28. The van der Waals surface area contributed by atoms with Crippen LogP contribution in [0.15, 0.2) is 0 Å². The van der Waals surface area contributed by atoms with Crippen LogP contribution in [0.4, 0.5) is 13.2 Å². The second-order valence-electron chi connectivity index (χ2n) is 6.33. The smallest absolute Gasteiger partial charge is 0.394 e. The summed E-state index contributed by atoms with van der Waals surface area (Å²) in [4.78, 5) is 38.1. The number of carbonyl (C=O) groups excluding carboxylic acids is 2. The molecule has 0 aromatic carbocycles. The van der Waals surface area contributed by atoms with Crippen molar-refractivity contribution in [2.75, 3.05) is 19.6 Å². The molecular formula is C15H21F3N2O4. The minimum atomic E-state index is -4.68. The average molecular weight is 350 g/mol. The van der Waals surface area contributed by atoms with E-state index < -0.39 is 49.0 Å². The Balaban J connectivity index is 2.12. The van der Waals surface area contributed by atoms with Crippen LogP contribution in [0, 0.1) is 11.8 Å². The number of likely N-dealkylation sites (tertiary alicyclic amines) is 2. The lowest BCUT2D eigenvalue weighted by Crippen LogP contribution is -2.47. The number of halogens is 3. The van der Waals surface area contributed by atoms with E-state index in [0.717, 1.165) is 4.90 Å². The van der Waals surface area contributed by atoms with E-state index in [4.69, 9.17) is 5.11 Å².